The summed E-state index contributed by atoms with van der Waals surface area (Å²) in [7, 11) is 0. The third kappa shape index (κ3) is 4.74. The molecule has 0 aromatic rings. The fraction of sp³-hybridized carbons (Fsp3) is 0.667. The standard InChI is InChI=1S/C9H15NO6/c1-4-7(14-5(2)11)8(9(13)16-10)15-6(3)12/h7-8H,4,10H2,1-3H3. The van der Waals surface area contributed by atoms with Gasteiger partial charge in [-0.15, -0.1) is 0 Å². The Bertz CT molecular complexity index is 277. The number of esters is 2. The Kier molecular flexibility index (Phi) is 6.09. The van der Waals surface area contributed by atoms with E-state index < -0.39 is 30.1 Å². The normalized spacial score (nSPS) is 13.5. The minimum absolute atomic E-state index is 0.284. The van der Waals surface area contributed by atoms with Gasteiger partial charge in [-0.25, -0.2) is 4.79 Å². The molecule has 0 rings (SSSR count). The molecule has 0 saturated carbocycles. The second kappa shape index (κ2) is 6.78. The van der Waals surface area contributed by atoms with Crippen LogP contribution in [0.3, 0.4) is 0 Å². The van der Waals surface area contributed by atoms with Crippen LogP contribution in [0.1, 0.15) is 27.2 Å². The van der Waals surface area contributed by atoms with Gasteiger partial charge in [-0.2, -0.15) is 5.90 Å². The largest absolute Gasteiger partial charge is 0.458 e. The molecule has 0 saturated heterocycles. The summed E-state index contributed by atoms with van der Waals surface area (Å²) in [6.07, 6.45) is -1.96. The highest BCUT2D eigenvalue weighted by Gasteiger charge is 2.33. The van der Waals surface area contributed by atoms with E-state index in [1.165, 1.54) is 6.92 Å². The predicted octanol–water partition coefficient (Wildman–Crippen LogP) is -0.323. The third-order valence-corrected chi connectivity index (χ3v) is 1.70. The first-order valence-electron chi connectivity index (χ1n) is 4.67. The second-order valence-electron chi connectivity index (χ2n) is 3.02. The smallest absolute Gasteiger partial charge is 0.369 e. The van der Waals surface area contributed by atoms with Crippen molar-refractivity contribution < 1.29 is 28.7 Å². The Morgan fingerprint density at radius 3 is 1.94 bits per heavy atom. The number of nitrogens with two attached hydrogens (primary N) is 1. The van der Waals surface area contributed by atoms with E-state index in [9.17, 15) is 14.4 Å². The molecule has 92 valence electrons. The van der Waals surface area contributed by atoms with E-state index in [-0.39, 0.29) is 6.42 Å². The van der Waals surface area contributed by atoms with Crippen LogP contribution in [0.4, 0.5) is 0 Å². The molecule has 2 unspecified atom stereocenters. The molecule has 0 bridgehead atoms. The monoisotopic (exact) mass is 233 g/mol. The average molecular weight is 233 g/mol. The maximum Gasteiger partial charge on any atom is 0.369 e. The average Bonchev–Trinajstić information content (AvgIpc) is 2.21. The predicted molar refractivity (Wildman–Crippen MR) is 51.7 cm³/mol. The van der Waals surface area contributed by atoms with E-state index in [0.29, 0.717) is 0 Å². The minimum Gasteiger partial charge on any atom is -0.458 e. The quantitative estimate of drug-likeness (QED) is 0.512. The van der Waals surface area contributed by atoms with Crippen molar-refractivity contribution in [1.29, 1.82) is 0 Å². The topological polar surface area (TPSA) is 105 Å². The van der Waals surface area contributed by atoms with Gasteiger partial charge in [0.25, 0.3) is 0 Å². The van der Waals surface area contributed by atoms with Gasteiger partial charge >= 0.3 is 17.9 Å². The van der Waals surface area contributed by atoms with E-state index in [0.717, 1.165) is 6.92 Å². The first-order valence-corrected chi connectivity index (χ1v) is 4.67. The fourth-order valence-corrected chi connectivity index (χ4v) is 1.09. The summed E-state index contributed by atoms with van der Waals surface area (Å²) < 4.78 is 9.50. The first kappa shape index (κ1) is 14.4. The molecule has 0 radical (unpaired) electrons. The van der Waals surface area contributed by atoms with Crippen LogP contribution in [0.25, 0.3) is 0 Å². The van der Waals surface area contributed by atoms with Crippen molar-refractivity contribution in [2.24, 2.45) is 5.90 Å². The molecular weight excluding hydrogens is 218 g/mol. The minimum atomic E-state index is -1.34. The molecule has 0 aromatic heterocycles. The Morgan fingerprint density at radius 1 is 1.12 bits per heavy atom. The lowest BCUT2D eigenvalue weighted by atomic mass is 10.1. The van der Waals surface area contributed by atoms with Crippen molar-refractivity contribution in [1.82, 2.24) is 0 Å². The molecule has 0 aliphatic rings. The van der Waals surface area contributed by atoms with Crippen molar-refractivity contribution in [3.63, 3.8) is 0 Å². The van der Waals surface area contributed by atoms with Crippen molar-refractivity contribution >= 4 is 17.9 Å². The number of hydrogen-bond acceptors (Lipinski definition) is 7. The van der Waals surface area contributed by atoms with Crippen LogP contribution in [-0.4, -0.2) is 30.1 Å². The van der Waals surface area contributed by atoms with E-state index in [1.54, 1.807) is 6.92 Å². The van der Waals surface area contributed by atoms with Crippen LogP contribution in [0, 0.1) is 0 Å². The Labute approximate surface area is 92.8 Å². The zero-order chi connectivity index (χ0) is 12.7. The van der Waals surface area contributed by atoms with E-state index in [4.69, 9.17) is 10.6 Å². The van der Waals surface area contributed by atoms with E-state index in [1.807, 2.05) is 0 Å². The summed E-state index contributed by atoms with van der Waals surface area (Å²) in [4.78, 5) is 36.7. The number of carbonyl (C=O) groups is 3. The Hall–Kier alpha value is -1.63. The highest BCUT2D eigenvalue weighted by atomic mass is 16.7. The van der Waals surface area contributed by atoms with Gasteiger partial charge in [0.15, 0.2) is 0 Å². The molecule has 0 heterocycles. The maximum absolute atomic E-state index is 11.2. The SMILES string of the molecule is CCC(OC(C)=O)C(OC(C)=O)C(=O)ON. The molecular formula is C9H15NO6. The molecule has 2 N–H and O–H groups in total. The summed E-state index contributed by atoms with van der Waals surface area (Å²) in [5.74, 6) is 2.44. The first-order chi connectivity index (χ1) is 7.42. The van der Waals surface area contributed by atoms with Crippen LogP contribution in [0.15, 0.2) is 0 Å². The number of hydrogen-bond donors (Lipinski definition) is 1. The molecule has 2 atom stereocenters. The van der Waals surface area contributed by atoms with Gasteiger partial charge in [-0.1, -0.05) is 6.92 Å². The van der Waals surface area contributed by atoms with Crippen LogP contribution in [0.2, 0.25) is 0 Å². The summed E-state index contributed by atoms with van der Waals surface area (Å²) in [5.41, 5.74) is 0. The molecule has 16 heavy (non-hydrogen) atoms. The van der Waals surface area contributed by atoms with Crippen LogP contribution >= 0.6 is 0 Å². The lowest BCUT2D eigenvalue weighted by molar-refractivity contribution is -0.181. The van der Waals surface area contributed by atoms with Gasteiger partial charge in [0.2, 0.25) is 6.10 Å². The van der Waals surface area contributed by atoms with Gasteiger partial charge in [-0.05, 0) is 6.42 Å². The lowest BCUT2D eigenvalue weighted by Gasteiger charge is -2.22. The summed E-state index contributed by atoms with van der Waals surface area (Å²) in [5, 5.41) is 0. The third-order valence-electron chi connectivity index (χ3n) is 1.70. The highest BCUT2D eigenvalue weighted by Crippen LogP contribution is 2.10. The van der Waals surface area contributed by atoms with Gasteiger partial charge in [0.05, 0.1) is 0 Å². The fourth-order valence-electron chi connectivity index (χ4n) is 1.09. The molecule has 0 aliphatic carbocycles. The van der Waals surface area contributed by atoms with Crippen molar-refractivity contribution in [2.45, 2.75) is 39.4 Å². The molecule has 7 nitrogen and oxygen atoms in total. The Balaban J connectivity index is 4.74. The second-order valence-corrected chi connectivity index (χ2v) is 3.02. The van der Waals surface area contributed by atoms with Gasteiger partial charge in [0, 0.05) is 13.8 Å². The zero-order valence-corrected chi connectivity index (χ0v) is 9.39. The zero-order valence-electron chi connectivity index (χ0n) is 9.39. The van der Waals surface area contributed by atoms with Crippen molar-refractivity contribution in [3.05, 3.63) is 0 Å². The molecule has 7 heteroatoms. The summed E-state index contributed by atoms with van der Waals surface area (Å²) in [6.45, 7) is 3.96. The Morgan fingerprint density at radius 2 is 1.62 bits per heavy atom. The van der Waals surface area contributed by atoms with Crippen molar-refractivity contribution in [2.75, 3.05) is 0 Å². The number of carbonyl (C=O) groups excluding carboxylic acids is 3. The highest BCUT2D eigenvalue weighted by molar-refractivity contribution is 5.79. The number of ether oxygens (including phenoxy) is 2. The van der Waals surface area contributed by atoms with E-state index in [2.05, 4.69) is 9.57 Å². The molecule has 0 aromatic carbocycles. The number of rotatable bonds is 5. The van der Waals surface area contributed by atoms with Crippen molar-refractivity contribution in [3.8, 4) is 0 Å². The molecule has 0 amide bonds. The maximum atomic E-state index is 11.2. The van der Waals surface area contributed by atoms with Crippen LogP contribution in [-0.2, 0) is 28.7 Å². The van der Waals surface area contributed by atoms with Crippen LogP contribution in [0.5, 0.6) is 0 Å². The summed E-state index contributed by atoms with van der Waals surface area (Å²) >= 11 is 0. The summed E-state index contributed by atoms with van der Waals surface area (Å²) in [6, 6.07) is 0. The van der Waals surface area contributed by atoms with Gasteiger partial charge < -0.3 is 14.3 Å². The van der Waals surface area contributed by atoms with Gasteiger partial charge in [0.1, 0.15) is 6.10 Å². The van der Waals surface area contributed by atoms with Crippen LogP contribution < -0.4 is 5.90 Å². The molecule has 0 spiro atoms. The van der Waals surface area contributed by atoms with Gasteiger partial charge in [-0.3, -0.25) is 9.59 Å². The molecule has 0 aliphatic heterocycles. The van der Waals surface area contributed by atoms with E-state index >= 15 is 0 Å². The molecule has 0 fully saturated rings. The lowest BCUT2D eigenvalue weighted by Crippen LogP contribution is -2.42.